The van der Waals surface area contributed by atoms with Gasteiger partial charge in [-0.2, -0.15) is 13.7 Å². The fraction of sp³-hybridized carbons (Fsp3) is 0.262. The fourth-order valence-electron chi connectivity index (χ4n) is 15.1. The Kier molecular flexibility index (Phi) is 16.2. The molecule has 0 amide bonds. The second kappa shape index (κ2) is 23.7. The summed E-state index contributed by atoms with van der Waals surface area (Å²) in [4.78, 5) is 4.47. The van der Waals surface area contributed by atoms with Crippen molar-refractivity contribution >= 4 is 138 Å². The van der Waals surface area contributed by atoms with Crippen LogP contribution in [0.1, 0.15) is 55.6 Å². The molecule has 0 fully saturated rings. The van der Waals surface area contributed by atoms with Crippen molar-refractivity contribution in [3.8, 4) is 33.8 Å². The van der Waals surface area contributed by atoms with E-state index in [0.29, 0.717) is 22.4 Å². The lowest BCUT2D eigenvalue weighted by atomic mass is 9.94. The third-order valence-electron chi connectivity index (χ3n) is 20.7. The summed E-state index contributed by atoms with van der Waals surface area (Å²) in [6.07, 6.45) is 1.79. The highest BCUT2D eigenvalue weighted by molar-refractivity contribution is 6.91. The number of rotatable bonds is 6. The molecule has 486 valence electrons. The molecule has 7 heterocycles. The van der Waals surface area contributed by atoms with Gasteiger partial charge < -0.3 is 13.3 Å². The van der Waals surface area contributed by atoms with Crippen molar-refractivity contribution in [3.05, 3.63) is 207 Å². The maximum absolute atomic E-state index is 14.3. The summed E-state index contributed by atoms with van der Waals surface area (Å²) in [7, 11) is 1.97. The first-order valence-electron chi connectivity index (χ1n) is 33.6. The summed E-state index contributed by atoms with van der Waals surface area (Å²) in [5.41, 5.74) is 26.8. The zero-order valence-corrected chi connectivity index (χ0v) is 63.0. The van der Waals surface area contributed by atoms with E-state index in [4.69, 9.17) is 13.3 Å². The van der Waals surface area contributed by atoms with E-state index < -0.39 is 24.2 Å². The van der Waals surface area contributed by atoms with E-state index >= 15 is 0 Å². The molecule has 0 spiro atoms. The first kappa shape index (κ1) is 65.7. The number of fused-ring (bicyclic) bond motifs is 12. The van der Waals surface area contributed by atoms with Gasteiger partial charge in [0, 0.05) is 103 Å². The lowest BCUT2D eigenvalue weighted by Gasteiger charge is -2.20. The predicted molar refractivity (Wildman–Crippen MR) is 408 cm³/mol. The Morgan fingerprint density at radius 1 is 0.344 bits per heavy atom. The summed E-state index contributed by atoms with van der Waals surface area (Å²) in [5, 5.41) is 14.8. The maximum atomic E-state index is 14.3. The molecule has 0 N–H and O–H groups in total. The van der Waals surface area contributed by atoms with Crippen LogP contribution in [0.15, 0.2) is 153 Å². The van der Waals surface area contributed by atoms with Crippen LogP contribution in [0.2, 0.25) is 58.9 Å². The smallest absolute Gasteiger partial charge is 0.227 e. The number of pyridine rings is 4. The molecular formula is C84H89F2N4O3Si3+3. The first-order valence-corrected chi connectivity index (χ1v) is 44.1. The van der Waals surface area contributed by atoms with Crippen LogP contribution >= 0.6 is 0 Å². The highest BCUT2D eigenvalue weighted by Gasteiger charge is 2.33. The Labute approximate surface area is 565 Å². The number of halogens is 2. The molecule has 96 heavy (non-hydrogen) atoms. The van der Waals surface area contributed by atoms with Crippen molar-refractivity contribution in [2.45, 2.75) is 128 Å². The second-order valence-corrected chi connectivity index (χ2v) is 45.3. The monoisotopic (exact) mass is 1320 g/mol. The molecule has 7 aromatic heterocycles. The Bertz CT molecular complexity index is 5790. The summed E-state index contributed by atoms with van der Waals surface area (Å²) >= 11 is 0. The predicted octanol–water partition coefficient (Wildman–Crippen LogP) is 20.1. The SMILES string of the molecule is Cc1cc2c(oc3c(C)c(F)ccc32)c(-c2cc(C)c3c([Si](C)(C)C)cccc3[n+]2C)c1C.Cc1cc2c(oc3cc(F)ccc32)c(-c2cc(C)c3c([Si](C)(C)C)cccc3[n+]2C)c1C.Cc1cc2c(oc3ncccc32)c(-c2cc(C)c3c([Si](C)(C)C)cccc3[n+]2C)c1C. The van der Waals surface area contributed by atoms with Gasteiger partial charge in [-0.25, -0.2) is 13.8 Å². The maximum Gasteiger partial charge on any atom is 0.227 e. The Hall–Kier alpha value is -8.95. The largest absolute Gasteiger partial charge is 0.455 e. The van der Waals surface area contributed by atoms with Crippen molar-refractivity contribution in [2.75, 3.05) is 0 Å². The van der Waals surface area contributed by atoms with E-state index in [1.807, 2.05) is 18.2 Å². The van der Waals surface area contributed by atoms with E-state index in [-0.39, 0.29) is 11.6 Å². The van der Waals surface area contributed by atoms with Gasteiger partial charge >= 0.3 is 0 Å². The molecule has 0 unspecified atom stereocenters. The third kappa shape index (κ3) is 10.8. The molecular weight excluding hydrogens is 1240 g/mol. The molecule has 7 nitrogen and oxygen atoms in total. The summed E-state index contributed by atoms with van der Waals surface area (Å²) in [6, 6.07) is 45.9. The molecule has 0 saturated heterocycles. The minimum Gasteiger partial charge on any atom is -0.455 e. The Balaban J connectivity index is 0.000000130. The van der Waals surface area contributed by atoms with Crippen molar-refractivity contribution in [1.82, 2.24) is 4.98 Å². The molecule has 8 aromatic carbocycles. The topological polar surface area (TPSA) is 64.0 Å². The van der Waals surface area contributed by atoms with Gasteiger partial charge in [-0.15, -0.1) is 0 Å². The zero-order valence-electron chi connectivity index (χ0n) is 60.0. The van der Waals surface area contributed by atoms with E-state index in [1.165, 1.54) is 122 Å². The first-order chi connectivity index (χ1) is 45.3. The molecule has 0 aliphatic carbocycles. The fourth-order valence-corrected chi connectivity index (χ4v) is 20.1. The van der Waals surface area contributed by atoms with Gasteiger partial charge in [0.1, 0.15) is 55.1 Å². The average molecular weight is 1320 g/mol. The van der Waals surface area contributed by atoms with Crippen LogP contribution in [0.4, 0.5) is 8.78 Å². The molecule has 0 radical (unpaired) electrons. The van der Waals surface area contributed by atoms with E-state index in [1.54, 1.807) is 19.2 Å². The van der Waals surface area contributed by atoms with Gasteiger partial charge in [-0.3, -0.25) is 0 Å². The number of benzene rings is 8. The van der Waals surface area contributed by atoms with Crippen LogP contribution < -0.4 is 29.3 Å². The van der Waals surface area contributed by atoms with Gasteiger partial charge in [0.2, 0.25) is 39.3 Å². The number of furan rings is 3. The van der Waals surface area contributed by atoms with Crippen LogP contribution in [0.3, 0.4) is 0 Å². The minimum absolute atomic E-state index is 0.234. The van der Waals surface area contributed by atoms with Gasteiger partial charge in [0.15, 0.2) is 5.58 Å². The molecule has 0 saturated carbocycles. The van der Waals surface area contributed by atoms with Gasteiger partial charge in [0.05, 0.1) is 40.9 Å². The van der Waals surface area contributed by atoms with Crippen LogP contribution in [-0.4, -0.2) is 29.2 Å². The molecule has 0 aliphatic heterocycles. The third-order valence-corrected chi connectivity index (χ3v) is 26.8. The van der Waals surface area contributed by atoms with Gasteiger partial charge in [-0.05, 0) is 189 Å². The van der Waals surface area contributed by atoms with E-state index in [0.717, 1.165) is 71.6 Å². The van der Waals surface area contributed by atoms with E-state index in [2.05, 4.69) is 258 Å². The minimum atomic E-state index is -1.51. The number of hydrogen-bond donors (Lipinski definition) is 0. The van der Waals surface area contributed by atoms with Crippen LogP contribution in [0.5, 0.6) is 0 Å². The van der Waals surface area contributed by atoms with Crippen molar-refractivity contribution in [3.63, 3.8) is 0 Å². The molecule has 0 aliphatic rings. The highest BCUT2D eigenvalue weighted by atomic mass is 28.3. The second-order valence-electron chi connectivity index (χ2n) is 30.2. The van der Waals surface area contributed by atoms with Crippen molar-refractivity contribution in [1.29, 1.82) is 0 Å². The Morgan fingerprint density at radius 3 is 1.16 bits per heavy atom. The zero-order chi connectivity index (χ0) is 68.8. The quantitative estimate of drug-likeness (QED) is 0.123. The number of hydrogen-bond acceptors (Lipinski definition) is 4. The summed E-state index contributed by atoms with van der Waals surface area (Å²) < 4.78 is 54.2. The molecule has 15 aromatic rings. The summed E-state index contributed by atoms with van der Waals surface area (Å²) in [5.74, 6) is -0.514. The van der Waals surface area contributed by atoms with Crippen molar-refractivity contribution in [2.24, 2.45) is 21.1 Å². The van der Waals surface area contributed by atoms with Gasteiger partial charge in [0.25, 0.3) is 0 Å². The molecule has 0 bridgehead atoms. The Morgan fingerprint density at radius 2 is 0.729 bits per heavy atom. The van der Waals surface area contributed by atoms with E-state index in [9.17, 15) is 8.78 Å². The summed E-state index contributed by atoms with van der Waals surface area (Å²) in [6.45, 7) is 43.1. The lowest BCUT2D eigenvalue weighted by Crippen LogP contribution is -2.41. The normalized spacial score (nSPS) is 12.4. The lowest BCUT2D eigenvalue weighted by molar-refractivity contribution is -0.633. The van der Waals surface area contributed by atoms with Crippen LogP contribution in [-0.2, 0) is 21.1 Å². The number of aromatic nitrogens is 4. The molecule has 12 heteroatoms. The van der Waals surface area contributed by atoms with Crippen LogP contribution in [0, 0.1) is 80.9 Å². The average Bonchev–Trinajstić information content (AvgIpc) is 1.30. The number of nitrogens with zero attached hydrogens (tertiary/aromatic N) is 4. The highest BCUT2D eigenvalue weighted by Crippen LogP contribution is 2.44. The van der Waals surface area contributed by atoms with Crippen LogP contribution in [0.25, 0.3) is 132 Å². The standard InChI is InChI=1S/C29H31FNOSi.C28H29FNOSi.C27H29N2OSi/c1-16-14-21-20-12-13-22(30)19(4)28(20)32-29(21)27(18(16)3)24-15-17(2)26-23(31(24)5)10-9-11-25(26)33(6,7)8;1-16-13-21-20-12-11-19(29)15-24(20)31-28(21)27(18(16)3)23-14-17(2)26-22(30(23)4)9-8-10-25(26)32(5,6)7;1-16-14-20-19-10-9-13-28-27(19)30-26(20)25(18(16)3)22-15-17(2)24-21(29(22)4)11-8-12-23(24)31(5,6)7/h9-15H,1-8H3;8-15H,1-7H3;8-15H,1-7H3/q3*+1. The van der Waals surface area contributed by atoms with Crippen molar-refractivity contribution < 1.29 is 35.7 Å². The molecule has 0 atom stereocenters. The number of aryl methyl sites for hydroxylation is 10. The van der Waals surface area contributed by atoms with Gasteiger partial charge in [-0.1, -0.05) is 95.3 Å². The molecule has 15 rings (SSSR count).